The van der Waals surface area contributed by atoms with Crippen LogP contribution in [-0.4, -0.2) is 99.4 Å². The molecule has 588 valence electrons. The van der Waals surface area contributed by atoms with E-state index in [9.17, 15) is 43.2 Å². The minimum Gasteiger partial charge on any atom is -0.447 e. The molecule has 0 spiro atoms. The Morgan fingerprint density at radius 1 is 0.431 bits per heavy atom. The summed E-state index contributed by atoms with van der Waals surface area (Å²) in [7, 11) is 0. The van der Waals surface area contributed by atoms with Crippen molar-refractivity contribution >= 4 is 96.0 Å². The van der Waals surface area contributed by atoms with E-state index >= 15 is 0 Å². The van der Waals surface area contributed by atoms with Crippen LogP contribution in [0, 0.1) is 6.92 Å². The van der Waals surface area contributed by atoms with Gasteiger partial charge in [0.1, 0.15) is 60.3 Å². The van der Waals surface area contributed by atoms with Crippen LogP contribution in [0.1, 0.15) is 153 Å². The second-order valence-electron chi connectivity index (χ2n) is 26.4. The van der Waals surface area contributed by atoms with Crippen LogP contribution < -0.4 is 48.3 Å². The highest BCUT2D eigenvalue weighted by Crippen LogP contribution is 2.21. The summed E-state index contributed by atoms with van der Waals surface area (Å²) in [5, 5.41) is 16.4. The molecule has 9 rings (SSSR count). The Morgan fingerprint density at radius 3 is 1.05 bits per heavy atom. The van der Waals surface area contributed by atoms with Crippen LogP contribution in [0.4, 0.5) is 24.0 Å². The molecule has 10 N–H and O–H groups in total. The molecule has 9 aromatic rings. The number of hydrogen-bond acceptors (Lipinski definition) is 30. The number of rotatable bonds is 25. The molecule has 0 radical (unpaired) electrons. The monoisotopic (exact) mass is 1580 g/mol. The van der Waals surface area contributed by atoms with E-state index < -0.39 is 69.1 Å². The first-order valence-corrected chi connectivity index (χ1v) is 36.3. The quantitative estimate of drug-likeness (QED) is 0.0150. The third-order valence-electron chi connectivity index (χ3n) is 13.1. The van der Waals surface area contributed by atoms with Crippen LogP contribution >= 0.6 is 46.1 Å². The second-order valence-corrected chi connectivity index (χ2v) is 29.3. The third-order valence-corrected chi connectivity index (χ3v) is 15.2. The van der Waals surface area contributed by atoms with Gasteiger partial charge < -0.3 is 64.6 Å². The summed E-state index contributed by atoms with van der Waals surface area (Å²) in [5.74, 6) is 2.04. The van der Waals surface area contributed by atoms with Gasteiger partial charge in [0.2, 0.25) is 12.3 Å². The Labute approximate surface area is 648 Å². The van der Waals surface area contributed by atoms with Gasteiger partial charge in [-0.3, -0.25) is 30.8 Å². The first-order chi connectivity index (χ1) is 51.3. The molecule has 0 aliphatic carbocycles. The molecular weight excluding hydrogens is 1490 g/mol. The fraction of sp³-hybridized carbons (Fsp3) is 0.370. The molecule has 0 saturated carbocycles. The minimum atomic E-state index is -1.07. The third kappa shape index (κ3) is 40.4. The number of nitrogens with one attached hydrogen (secondary N) is 6. The molecule has 6 amide bonds. The van der Waals surface area contributed by atoms with Gasteiger partial charge in [0.05, 0.1) is 16.6 Å². The molecule has 0 fully saturated rings. The largest absolute Gasteiger partial charge is 0.447 e. The van der Waals surface area contributed by atoms with Crippen LogP contribution in [0.5, 0.6) is 0 Å². The number of aromatic nitrogens is 7. The van der Waals surface area contributed by atoms with Gasteiger partial charge in [-0.05, 0) is 166 Å². The van der Waals surface area contributed by atoms with E-state index in [-0.39, 0.29) is 50.9 Å². The van der Waals surface area contributed by atoms with Crippen LogP contribution in [0.15, 0.2) is 172 Å². The number of ether oxygens (including phenoxy) is 7. The highest BCUT2D eigenvalue weighted by molar-refractivity contribution is 7.05. The van der Waals surface area contributed by atoms with Crippen LogP contribution in [0.25, 0.3) is 0 Å². The Bertz CT molecular complexity index is 4090. The molecule has 4 heterocycles. The maximum Gasteiger partial charge on any atom is 0.414 e. The van der Waals surface area contributed by atoms with Gasteiger partial charge in [0.25, 0.3) is 12.9 Å². The first-order valence-electron chi connectivity index (χ1n) is 33.0. The first kappa shape index (κ1) is 92.0. The van der Waals surface area contributed by atoms with Crippen molar-refractivity contribution in [2.24, 2.45) is 11.5 Å². The van der Waals surface area contributed by atoms with Crippen molar-refractivity contribution in [3.63, 3.8) is 0 Å². The lowest BCUT2D eigenvalue weighted by Gasteiger charge is -2.24. The van der Waals surface area contributed by atoms with Gasteiger partial charge in [-0.25, -0.2) is 43.7 Å². The average Bonchev–Trinajstić information content (AvgIpc) is 1.73. The summed E-state index contributed by atoms with van der Waals surface area (Å²) in [6.07, 6.45) is -2.25. The minimum absolute atomic E-state index is 0.157. The fourth-order valence-electron chi connectivity index (χ4n) is 7.58. The topological polar surface area (TPSA) is 446 Å². The number of carbonyl (C=O) groups excluding carboxylic acids is 8. The summed E-state index contributed by atoms with van der Waals surface area (Å²) in [6, 6.07) is 47.1. The second kappa shape index (κ2) is 46.1. The predicted octanol–water partition coefficient (Wildman–Crippen LogP) is 11.8. The molecule has 4 aromatic heterocycles. The highest BCUT2D eigenvalue weighted by atomic mass is 32.1. The number of amides is 6. The Kier molecular flexibility index (Phi) is 38.9. The number of hydrogen-bond donors (Lipinski definition) is 8. The Morgan fingerprint density at radius 2 is 0.771 bits per heavy atom. The standard InChI is InChI=1S/C14H17N3O2S.C13H15N3O2S.C13H14N2O4S.C12H16N2O3.C12H15NO4.C5H9N3S.C4H9NO2/c1-10-15-12(17-20-10)14(2,3)16-13(18)19-9-11-7-5-4-6-8-11;1-13(2,11-14-9-19-16-11)15-12(17)18-8-10-6-4-3-5-7-10;1-13(2,10-15-20-12(17)19-10)14-11(16)18-8-9-6-4-3-5-7-9;1-12(2,13-9-15)14-11(16)17-8-10-6-4-3-5-7-10;1-12(2,17-9-14)13-11(15)16-8-10-6-4-3-5-7-10;1-5(2,6)4-7-3-9-8-4;1-4(2,5)7-3-6/h4-8H,9H2,1-3H3,(H,16,18);3-7,9H,8H2,1-2H3,(H,15,17);3-7H,8H2,1-2H3,(H,14,16);3-7,9H,8H2,1-2H3,(H,13,15)(H,14,16);3-7,9H,8H2,1-2H3,(H,13,15);3H,6H2,1-2H3;3H,5H2,1-2H3. The van der Waals surface area contributed by atoms with E-state index in [1.54, 1.807) is 66.4 Å². The van der Waals surface area contributed by atoms with Crippen molar-refractivity contribution < 1.29 is 75.9 Å². The zero-order valence-corrected chi connectivity index (χ0v) is 66.5. The number of benzene rings is 5. The van der Waals surface area contributed by atoms with E-state index in [0.29, 0.717) is 41.9 Å². The summed E-state index contributed by atoms with van der Waals surface area (Å²) in [4.78, 5) is 111. The number of aryl methyl sites for hydroxylation is 1. The van der Waals surface area contributed by atoms with E-state index in [2.05, 4.69) is 73.8 Å². The molecule has 0 bridgehead atoms. The highest BCUT2D eigenvalue weighted by Gasteiger charge is 2.31. The van der Waals surface area contributed by atoms with Crippen molar-refractivity contribution in [1.82, 2.24) is 64.3 Å². The number of carbonyl (C=O) groups is 8. The molecule has 0 atom stereocenters. The fourth-order valence-corrected chi connectivity index (χ4v) is 9.87. The van der Waals surface area contributed by atoms with Gasteiger partial charge in [0.15, 0.2) is 28.9 Å². The summed E-state index contributed by atoms with van der Waals surface area (Å²) >= 11 is 4.60. The van der Waals surface area contributed by atoms with Crippen molar-refractivity contribution in [3.8, 4) is 0 Å². The summed E-state index contributed by atoms with van der Waals surface area (Å²) in [5.41, 5.74) is 13.5. The molecule has 5 aromatic carbocycles. The number of alkyl carbamates (subject to hydrolysis) is 5. The van der Waals surface area contributed by atoms with Crippen molar-refractivity contribution in [2.75, 3.05) is 0 Å². The molecule has 109 heavy (non-hydrogen) atoms. The zero-order chi connectivity index (χ0) is 81.2. The normalized spacial score (nSPS) is 10.9. The smallest absolute Gasteiger partial charge is 0.414 e. The SMILES string of the molecule is CC(C)(N)OC=O.CC(C)(N)c1ncsn1.CC(C)(NC(=O)OCc1ccccc1)OC=O.CC(C)(NC(=O)OCc1ccccc1)c1ncsn1.CC(C)(NC(=O)OCc1ccccc1)c1nsc(=O)o1.CC(C)(NC=O)NC(=O)OCc1ccccc1.Cc1nc(C(C)(C)NC(=O)OCc2ccccc2)ns1. The van der Waals surface area contributed by atoms with Gasteiger partial charge in [-0.2, -0.15) is 17.5 Å². The zero-order valence-electron chi connectivity index (χ0n) is 63.2. The van der Waals surface area contributed by atoms with E-state index in [4.69, 9.17) is 39.6 Å². The maximum atomic E-state index is 11.8. The molecule has 32 nitrogen and oxygen atoms in total. The van der Waals surface area contributed by atoms with Crippen LogP contribution in [0.3, 0.4) is 0 Å². The molecule has 0 saturated heterocycles. The van der Waals surface area contributed by atoms with Crippen LogP contribution in [0.2, 0.25) is 0 Å². The molecule has 36 heteroatoms. The summed E-state index contributed by atoms with van der Waals surface area (Å²) < 4.78 is 55.5. The van der Waals surface area contributed by atoms with E-state index in [0.717, 1.165) is 32.8 Å². The van der Waals surface area contributed by atoms with Crippen molar-refractivity contribution in [2.45, 2.75) is 176 Å². The lowest BCUT2D eigenvalue weighted by Crippen LogP contribution is -2.53. The van der Waals surface area contributed by atoms with Crippen LogP contribution in [-0.2, 0) is 103 Å². The van der Waals surface area contributed by atoms with Gasteiger partial charge >= 0.3 is 35.4 Å². The lowest BCUT2D eigenvalue weighted by molar-refractivity contribution is -0.142. The van der Waals surface area contributed by atoms with E-state index in [1.807, 2.05) is 200 Å². The number of nitrogens with two attached hydrogens (primary N) is 2. The molecule has 0 aliphatic heterocycles. The molecule has 0 unspecified atom stereocenters. The Balaban J connectivity index is 0.000000336. The van der Waals surface area contributed by atoms with Crippen molar-refractivity contribution in [3.05, 3.63) is 229 Å². The maximum absolute atomic E-state index is 11.8. The van der Waals surface area contributed by atoms with E-state index in [1.165, 1.54) is 34.6 Å². The van der Waals surface area contributed by atoms with Gasteiger partial charge in [-0.1, -0.05) is 152 Å². The molecular formula is C73H95N15O17S4. The van der Waals surface area contributed by atoms with Crippen molar-refractivity contribution in [1.29, 1.82) is 0 Å². The van der Waals surface area contributed by atoms with Gasteiger partial charge in [-0.15, -0.1) is 0 Å². The molecule has 0 aliphatic rings. The lowest BCUT2D eigenvalue weighted by atomic mass is 10.1. The predicted molar refractivity (Wildman–Crippen MR) is 410 cm³/mol. The summed E-state index contributed by atoms with van der Waals surface area (Å²) in [6.45, 7) is 27.6. The number of nitrogens with zero attached hydrogens (tertiary/aromatic N) is 7. The van der Waals surface area contributed by atoms with Gasteiger partial charge in [0, 0.05) is 11.5 Å². The Hall–Kier alpha value is -11.2. The average molecular weight is 1580 g/mol.